The van der Waals surface area contributed by atoms with Crippen LogP contribution in [0.15, 0.2) is 36.9 Å². The van der Waals surface area contributed by atoms with E-state index in [1.807, 2.05) is 6.07 Å². The van der Waals surface area contributed by atoms with Gasteiger partial charge in [-0.05, 0) is 30.9 Å². The van der Waals surface area contributed by atoms with Crippen molar-refractivity contribution >= 4 is 11.2 Å². The number of halogens is 2. The molecule has 3 aromatic rings. The number of allylic oxidation sites excluding steroid dienone is 2. The maximum atomic E-state index is 12.9. The molecule has 0 fully saturated rings. The van der Waals surface area contributed by atoms with Crippen molar-refractivity contribution in [3.63, 3.8) is 0 Å². The first-order valence-electron chi connectivity index (χ1n) is 7.36. The highest BCUT2D eigenvalue weighted by molar-refractivity contribution is 5.66. The van der Waals surface area contributed by atoms with Crippen molar-refractivity contribution < 1.29 is 8.78 Å². The van der Waals surface area contributed by atoms with E-state index in [1.165, 1.54) is 18.0 Å². The van der Waals surface area contributed by atoms with Crippen molar-refractivity contribution in [1.29, 1.82) is 0 Å². The van der Waals surface area contributed by atoms with Gasteiger partial charge in [-0.1, -0.05) is 6.08 Å². The summed E-state index contributed by atoms with van der Waals surface area (Å²) in [7, 11) is 0. The van der Waals surface area contributed by atoms with Crippen LogP contribution in [0.3, 0.4) is 0 Å². The SMILES string of the molecule is FC(F)c1cn2c(-c3nccc(C4=CCCC4)n3)cnc2cn1. The van der Waals surface area contributed by atoms with Gasteiger partial charge in [0.15, 0.2) is 11.5 Å². The van der Waals surface area contributed by atoms with Gasteiger partial charge in [0.2, 0.25) is 0 Å². The van der Waals surface area contributed by atoms with Crippen molar-refractivity contribution in [2.24, 2.45) is 0 Å². The Hall–Kier alpha value is -2.70. The molecule has 0 saturated carbocycles. The first kappa shape index (κ1) is 13.9. The number of fused-ring (bicyclic) bond motifs is 1. The minimum absolute atomic E-state index is 0.300. The van der Waals surface area contributed by atoms with Crippen molar-refractivity contribution in [2.75, 3.05) is 0 Å². The Balaban J connectivity index is 1.82. The number of hydrogen-bond acceptors (Lipinski definition) is 4. The number of imidazole rings is 1. The molecule has 0 N–H and O–H groups in total. The lowest BCUT2D eigenvalue weighted by molar-refractivity contribution is 0.145. The van der Waals surface area contributed by atoms with Crippen LogP contribution in [0.25, 0.3) is 22.7 Å². The molecule has 0 saturated heterocycles. The molecule has 116 valence electrons. The zero-order chi connectivity index (χ0) is 15.8. The van der Waals surface area contributed by atoms with Crippen molar-refractivity contribution in [3.05, 3.63) is 48.3 Å². The van der Waals surface area contributed by atoms with Gasteiger partial charge in [-0.25, -0.2) is 28.7 Å². The molecule has 0 bridgehead atoms. The third-order valence-electron chi connectivity index (χ3n) is 3.89. The first-order chi connectivity index (χ1) is 11.2. The Bertz CT molecular complexity index is 900. The second-order valence-corrected chi connectivity index (χ2v) is 5.37. The van der Waals surface area contributed by atoms with E-state index >= 15 is 0 Å². The molecule has 0 aliphatic heterocycles. The summed E-state index contributed by atoms with van der Waals surface area (Å²) in [5.74, 6) is 0.467. The smallest absolute Gasteiger partial charge is 0.281 e. The van der Waals surface area contributed by atoms with Gasteiger partial charge in [0.05, 0.1) is 18.1 Å². The highest BCUT2D eigenvalue weighted by atomic mass is 19.3. The molecule has 23 heavy (non-hydrogen) atoms. The predicted octanol–water partition coefficient (Wildman–Crippen LogP) is 3.69. The van der Waals surface area contributed by atoms with Gasteiger partial charge in [-0.3, -0.25) is 4.40 Å². The lowest BCUT2D eigenvalue weighted by atomic mass is 10.1. The molecule has 0 aromatic carbocycles. The molecule has 5 nitrogen and oxygen atoms in total. The van der Waals surface area contributed by atoms with E-state index in [2.05, 4.69) is 26.0 Å². The van der Waals surface area contributed by atoms with Gasteiger partial charge >= 0.3 is 0 Å². The summed E-state index contributed by atoms with van der Waals surface area (Å²) >= 11 is 0. The van der Waals surface area contributed by atoms with E-state index in [0.29, 0.717) is 17.2 Å². The molecule has 0 unspecified atom stereocenters. The molecule has 0 spiro atoms. The predicted molar refractivity (Wildman–Crippen MR) is 80.8 cm³/mol. The third-order valence-corrected chi connectivity index (χ3v) is 3.89. The van der Waals surface area contributed by atoms with Gasteiger partial charge in [-0.2, -0.15) is 0 Å². The lowest BCUT2D eigenvalue weighted by Gasteiger charge is -2.05. The third kappa shape index (κ3) is 2.48. The number of aromatic nitrogens is 5. The fraction of sp³-hybridized carbons (Fsp3) is 0.250. The zero-order valence-corrected chi connectivity index (χ0v) is 12.2. The molecule has 3 aromatic heterocycles. The minimum Gasteiger partial charge on any atom is -0.294 e. The second kappa shape index (κ2) is 5.49. The van der Waals surface area contributed by atoms with Crippen molar-refractivity contribution in [1.82, 2.24) is 24.3 Å². The van der Waals surface area contributed by atoms with E-state index in [9.17, 15) is 8.78 Å². The van der Waals surface area contributed by atoms with Crippen LogP contribution in [0.4, 0.5) is 8.78 Å². The maximum Gasteiger partial charge on any atom is 0.281 e. The van der Waals surface area contributed by atoms with Gasteiger partial charge < -0.3 is 0 Å². The highest BCUT2D eigenvalue weighted by Gasteiger charge is 2.15. The number of nitrogens with zero attached hydrogens (tertiary/aromatic N) is 5. The fourth-order valence-electron chi connectivity index (χ4n) is 2.75. The zero-order valence-electron chi connectivity index (χ0n) is 12.2. The fourth-order valence-corrected chi connectivity index (χ4v) is 2.75. The number of hydrogen-bond donors (Lipinski definition) is 0. The summed E-state index contributed by atoms with van der Waals surface area (Å²) < 4.78 is 27.3. The molecular formula is C16H13F2N5. The van der Waals surface area contributed by atoms with Crippen LogP contribution in [0.5, 0.6) is 0 Å². The van der Waals surface area contributed by atoms with Crippen LogP contribution in [0.2, 0.25) is 0 Å². The Labute approximate surface area is 130 Å². The first-order valence-corrected chi connectivity index (χ1v) is 7.36. The van der Waals surface area contributed by atoms with Crippen LogP contribution in [0, 0.1) is 0 Å². The Morgan fingerprint density at radius 3 is 2.83 bits per heavy atom. The largest absolute Gasteiger partial charge is 0.294 e. The molecule has 7 heteroatoms. The summed E-state index contributed by atoms with van der Waals surface area (Å²) in [5, 5.41) is 0. The van der Waals surface area contributed by atoms with Gasteiger partial charge in [0, 0.05) is 12.4 Å². The summed E-state index contributed by atoms with van der Waals surface area (Å²) in [6.07, 6.45) is 8.62. The van der Waals surface area contributed by atoms with E-state index in [4.69, 9.17) is 0 Å². The summed E-state index contributed by atoms with van der Waals surface area (Å²) in [6.45, 7) is 0. The van der Waals surface area contributed by atoms with Crippen LogP contribution in [0.1, 0.15) is 37.1 Å². The molecule has 3 heterocycles. The molecule has 1 aliphatic carbocycles. The van der Waals surface area contributed by atoms with E-state index in [-0.39, 0.29) is 5.69 Å². The van der Waals surface area contributed by atoms with Crippen LogP contribution in [-0.2, 0) is 0 Å². The van der Waals surface area contributed by atoms with Gasteiger partial charge in [-0.15, -0.1) is 0 Å². The van der Waals surface area contributed by atoms with Gasteiger partial charge in [0.1, 0.15) is 11.4 Å². The second-order valence-electron chi connectivity index (χ2n) is 5.37. The van der Waals surface area contributed by atoms with Crippen LogP contribution in [-0.4, -0.2) is 24.3 Å². The van der Waals surface area contributed by atoms with Crippen LogP contribution >= 0.6 is 0 Å². The molecule has 0 atom stereocenters. The Kier molecular flexibility index (Phi) is 3.33. The maximum absolute atomic E-state index is 12.9. The van der Waals surface area contributed by atoms with Gasteiger partial charge in [0.25, 0.3) is 6.43 Å². The van der Waals surface area contributed by atoms with E-state index < -0.39 is 6.43 Å². The highest BCUT2D eigenvalue weighted by Crippen LogP contribution is 2.27. The normalized spacial score (nSPS) is 14.7. The number of alkyl halides is 2. The Morgan fingerprint density at radius 2 is 2.04 bits per heavy atom. The molecule has 0 amide bonds. The molecule has 1 aliphatic rings. The summed E-state index contributed by atoms with van der Waals surface area (Å²) in [5.41, 5.74) is 2.85. The van der Waals surface area contributed by atoms with Crippen molar-refractivity contribution in [2.45, 2.75) is 25.7 Å². The molecule has 0 radical (unpaired) electrons. The van der Waals surface area contributed by atoms with Crippen molar-refractivity contribution in [3.8, 4) is 11.5 Å². The lowest BCUT2D eigenvalue weighted by Crippen LogP contribution is -1.99. The average Bonchev–Trinajstić information content (AvgIpc) is 3.24. The molecular weight excluding hydrogens is 300 g/mol. The number of rotatable bonds is 3. The molecule has 4 rings (SSSR count). The standard InChI is InChI=1S/C16H13F2N5/c17-15(18)12-9-23-13(7-21-14(23)8-20-12)16-19-6-5-11(22-16)10-3-1-2-4-10/h3,5-9,15H,1-2,4H2. The summed E-state index contributed by atoms with van der Waals surface area (Å²) in [6, 6.07) is 1.87. The minimum atomic E-state index is -2.63. The quantitative estimate of drug-likeness (QED) is 0.740. The Morgan fingerprint density at radius 1 is 1.13 bits per heavy atom. The van der Waals surface area contributed by atoms with E-state index in [0.717, 1.165) is 25.0 Å². The topological polar surface area (TPSA) is 56.0 Å². The average molecular weight is 313 g/mol. The van der Waals surface area contributed by atoms with E-state index in [1.54, 1.807) is 16.8 Å². The summed E-state index contributed by atoms with van der Waals surface area (Å²) in [4.78, 5) is 16.7. The van der Waals surface area contributed by atoms with Crippen LogP contribution < -0.4 is 0 Å². The monoisotopic (exact) mass is 313 g/mol.